The SMILES string of the molecule is CCC1=C(C)C(=O)N=C1C=C1N=C(C=c2[nH]/c(=C\C3=NC(=O)C(C)=C3CC)c(C)c2CC)C(CC)=C1C. The minimum absolute atomic E-state index is 0.146. The lowest BCUT2D eigenvalue weighted by molar-refractivity contribution is -0.114. The molecule has 4 heterocycles. The van der Waals surface area contributed by atoms with Crippen LogP contribution in [0, 0.1) is 6.92 Å². The molecule has 1 aromatic rings. The maximum Gasteiger partial charge on any atom is 0.273 e. The number of carbonyl (C=O) groups is 2. The Labute approximate surface area is 218 Å². The fourth-order valence-electron chi connectivity index (χ4n) is 5.43. The Balaban J connectivity index is 1.82. The van der Waals surface area contributed by atoms with Crippen molar-refractivity contribution in [3.05, 3.63) is 67.0 Å². The highest BCUT2D eigenvalue weighted by atomic mass is 16.2. The Hall–Kier alpha value is -3.67. The van der Waals surface area contributed by atoms with Gasteiger partial charge in [-0.3, -0.25) is 9.59 Å². The number of H-pyrrole nitrogens is 1. The van der Waals surface area contributed by atoms with Crippen molar-refractivity contribution in [2.24, 2.45) is 15.0 Å². The molecule has 0 aromatic carbocycles. The molecule has 2 amide bonds. The first kappa shape index (κ1) is 26.4. The fraction of sp³-hybridized carbons (Fsp3) is 0.387. The Morgan fingerprint density at radius 1 is 0.595 bits per heavy atom. The summed E-state index contributed by atoms with van der Waals surface area (Å²) in [6, 6.07) is 0. The van der Waals surface area contributed by atoms with E-state index in [0.29, 0.717) is 0 Å². The molecule has 3 aliphatic rings. The van der Waals surface area contributed by atoms with Crippen LogP contribution in [-0.2, 0) is 16.0 Å². The van der Waals surface area contributed by atoms with E-state index in [2.05, 4.69) is 55.7 Å². The summed E-state index contributed by atoms with van der Waals surface area (Å²) in [4.78, 5) is 41.5. The normalized spacial score (nSPS) is 20.4. The van der Waals surface area contributed by atoms with Crippen LogP contribution in [0.1, 0.15) is 78.9 Å². The van der Waals surface area contributed by atoms with E-state index in [9.17, 15) is 9.59 Å². The molecule has 192 valence electrons. The van der Waals surface area contributed by atoms with Crippen molar-refractivity contribution in [2.75, 3.05) is 0 Å². The monoisotopic (exact) mass is 496 g/mol. The molecule has 0 atom stereocenters. The van der Waals surface area contributed by atoms with Gasteiger partial charge >= 0.3 is 0 Å². The van der Waals surface area contributed by atoms with Crippen molar-refractivity contribution in [1.82, 2.24) is 4.98 Å². The summed E-state index contributed by atoms with van der Waals surface area (Å²) in [5.41, 5.74) is 11.4. The predicted molar refractivity (Wildman–Crippen MR) is 152 cm³/mol. The molecule has 1 aromatic heterocycles. The first-order valence-corrected chi connectivity index (χ1v) is 13.2. The summed E-state index contributed by atoms with van der Waals surface area (Å²) in [5.74, 6) is -0.301. The summed E-state index contributed by atoms with van der Waals surface area (Å²) < 4.78 is 0. The molecule has 0 bridgehead atoms. The van der Waals surface area contributed by atoms with Gasteiger partial charge in [0.05, 0.1) is 22.8 Å². The third kappa shape index (κ3) is 4.61. The summed E-state index contributed by atoms with van der Waals surface area (Å²) in [5, 5.41) is 1.99. The molecule has 0 spiro atoms. The molecular weight excluding hydrogens is 460 g/mol. The van der Waals surface area contributed by atoms with E-state index in [-0.39, 0.29) is 11.8 Å². The molecule has 0 fully saturated rings. The third-order valence-electron chi connectivity index (χ3n) is 7.70. The summed E-state index contributed by atoms with van der Waals surface area (Å²) in [6.45, 7) is 16.3. The number of hydrogen-bond acceptors (Lipinski definition) is 3. The smallest absolute Gasteiger partial charge is 0.273 e. The summed E-state index contributed by atoms with van der Waals surface area (Å²) in [7, 11) is 0. The molecule has 0 radical (unpaired) electrons. The zero-order valence-corrected chi connectivity index (χ0v) is 23.2. The van der Waals surface area contributed by atoms with Crippen molar-refractivity contribution in [1.29, 1.82) is 0 Å². The van der Waals surface area contributed by atoms with Gasteiger partial charge in [-0.25, -0.2) is 15.0 Å². The number of hydrogen-bond donors (Lipinski definition) is 1. The lowest BCUT2D eigenvalue weighted by atomic mass is 10.00. The van der Waals surface area contributed by atoms with Crippen molar-refractivity contribution in [2.45, 2.75) is 81.1 Å². The van der Waals surface area contributed by atoms with E-state index in [4.69, 9.17) is 4.99 Å². The molecule has 0 unspecified atom stereocenters. The van der Waals surface area contributed by atoms with Crippen LogP contribution in [-0.4, -0.2) is 33.9 Å². The lowest BCUT2D eigenvalue weighted by Gasteiger charge is -2.02. The van der Waals surface area contributed by atoms with Gasteiger partial charge in [-0.1, -0.05) is 27.7 Å². The van der Waals surface area contributed by atoms with E-state index in [0.717, 1.165) is 92.6 Å². The van der Waals surface area contributed by atoms with Crippen LogP contribution in [0.25, 0.3) is 12.2 Å². The predicted octanol–water partition coefficient (Wildman–Crippen LogP) is 4.93. The van der Waals surface area contributed by atoms with Gasteiger partial charge in [0.25, 0.3) is 11.8 Å². The fourth-order valence-corrected chi connectivity index (χ4v) is 5.43. The average Bonchev–Trinajstić information content (AvgIpc) is 3.51. The number of aromatic amines is 1. The number of nitrogens with zero attached hydrogens (tertiary/aromatic N) is 3. The van der Waals surface area contributed by atoms with Crippen molar-refractivity contribution >= 4 is 41.1 Å². The van der Waals surface area contributed by atoms with Crippen molar-refractivity contribution in [3.8, 4) is 0 Å². The minimum atomic E-state index is -0.155. The maximum atomic E-state index is 12.2. The molecule has 37 heavy (non-hydrogen) atoms. The first-order chi connectivity index (χ1) is 17.6. The van der Waals surface area contributed by atoms with E-state index in [1.54, 1.807) is 0 Å². The Morgan fingerprint density at radius 2 is 1.05 bits per heavy atom. The van der Waals surface area contributed by atoms with Gasteiger partial charge < -0.3 is 4.98 Å². The topological polar surface area (TPSA) is 87.0 Å². The first-order valence-electron chi connectivity index (χ1n) is 13.2. The van der Waals surface area contributed by atoms with E-state index >= 15 is 0 Å². The van der Waals surface area contributed by atoms with Crippen LogP contribution in [0.4, 0.5) is 0 Å². The summed E-state index contributed by atoms with van der Waals surface area (Å²) >= 11 is 0. The van der Waals surface area contributed by atoms with Gasteiger partial charge in [0, 0.05) is 21.8 Å². The van der Waals surface area contributed by atoms with Crippen LogP contribution in [0.5, 0.6) is 0 Å². The van der Waals surface area contributed by atoms with Gasteiger partial charge in [0.1, 0.15) is 0 Å². The van der Waals surface area contributed by atoms with Crippen LogP contribution < -0.4 is 10.7 Å². The lowest BCUT2D eigenvalue weighted by Crippen LogP contribution is -2.16. The zero-order valence-electron chi connectivity index (χ0n) is 23.2. The van der Waals surface area contributed by atoms with Crippen LogP contribution in [0.2, 0.25) is 0 Å². The molecule has 6 heteroatoms. The van der Waals surface area contributed by atoms with Gasteiger partial charge in [-0.15, -0.1) is 0 Å². The number of carbonyl (C=O) groups excluding carboxylic acids is 2. The van der Waals surface area contributed by atoms with Crippen LogP contribution in [0.3, 0.4) is 0 Å². The Kier molecular flexibility index (Phi) is 7.39. The highest BCUT2D eigenvalue weighted by molar-refractivity contribution is 6.31. The molecule has 0 saturated carbocycles. The second-order valence-electron chi connectivity index (χ2n) is 9.70. The maximum absolute atomic E-state index is 12.2. The van der Waals surface area contributed by atoms with Gasteiger partial charge in [0.2, 0.25) is 0 Å². The summed E-state index contributed by atoms with van der Waals surface area (Å²) in [6.07, 6.45) is 9.33. The van der Waals surface area contributed by atoms with Gasteiger partial charge in [-0.2, -0.15) is 0 Å². The average molecular weight is 497 g/mol. The molecular formula is C31H36N4O2. The third-order valence-corrected chi connectivity index (χ3v) is 7.70. The number of amides is 2. The molecule has 0 saturated heterocycles. The highest BCUT2D eigenvalue weighted by Crippen LogP contribution is 2.30. The molecule has 3 aliphatic heterocycles. The zero-order chi connectivity index (χ0) is 27.0. The van der Waals surface area contributed by atoms with Gasteiger partial charge in [0.15, 0.2) is 0 Å². The van der Waals surface area contributed by atoms with Crippen molar-refractivity contribution < 1.29 is 9.59 Å². The van der Waals surface area contributed by atoms with E-state index in [1.807, 2.05) is 32.9 Å². The second-order valence-corrected chi connectivity index (χ2v) is 9.70. The number of rotatable bonds is 7. The largest absolute Gasteiger partial charge is 0.355 e. The highest BCUT2D eigenvalue weighted by Gasteiger charge is 2.24. The number of allylic oxidation sites excluding steroid dienone is 5. The minimum Gasteiger partial charge on any atom is -0.355 e. The number of aromatic nitrogens is 1. The second kappa shape index (κ2) is 10.4. The van der Waals surface area contributed by atoms with Gasteiger partial charge in [-0.05, 0) is 105 Å². The Bertz CT molecular complexity index is 1560. The number of nitrogens with one attached hydrogen (secondary N) is 1. The number of aliphatic imine (C=N–C) groups is 3. The molecule has 6 nitrogen and oxygen atoms in total. The van der Waals surface area contributed by atoms with Crippen molar-refractivity contribution in [3.63, 3.8) is 0 Å². The quantitative estimate of drug-likeness (QED) is 0.580. The van der Waals surface area contributed by atoms with E-state index in [1.165, 1.54) is 11.1 Å². The van der Waals surface area contributed by atoms with Crippen LogP contribution >= 0.6 is 0 Å². The van der Waals surface area contributed by atoms with Crippen LogP contribution in [0.15, 0.2) is 60.2 Å². The standard InChI is InChI=1S/C31H36N4O2/c1-9-20-16(5)24(13-28-22(11-3)18(7)30(36)34-28)32-26(20)15-27-21(10-2)17(6)25(33-27)14-29-23(12-4)19(8)31(37)35-29/h13-15,32H,9-12H2,1-8H3/b24-13-,25-14?,26-15?. The molecule has 4 rings (SSSR count). The molecule has 0 aliphatic carbocycles. The van der Waals surface area contributed by atoms with E-state index < -0.39 is 0 Å². The Morgan fingerprint density at radius 3 is 1.57 bits per heavy atom. The molecule has 1 N–H and O–H groups in total.